The van der Waals surface area contributed by atoms with Crippen LogP contribution >= 0.6 is 0 Å². The van der Waals surface area contributed by atoms with Gasteiger partial charge < -0.3 is 8.83 Å². The van der Waals surface area contributed by atoms with Gasteiger partial charge in [-0.3, -0.25) is 0 Å². The third-order valence-electron chi connectivity index (χ3n) is 11.2. The lowest BCUT2D eigenvalue weighted by Gasteiger charge is -2.13. The van der Waals surface area contributed by atoms with Crippen molar-refractivity contribution in [1.82, 2.24) is 15.0 Å². The molecule has 9 aromatic carbocycles. The molecule has 3 aromatic heterocycles. The first kappa shape index (κ1) is 30.8. The second kappa shape index (κ2) is 11.9. The Kier molecular flexibility index (Phi) is 6.56. The molecule has 5 heteroatoms. The van der Waals surface area contributed by atoms with Crippen molar-refractivity contribution in [2.24, 2.45) is 0 Å². The van der Waals surface area contributed by atoms with E-state index >= 15 is 0 Å². The quantitative estimate of drug-likeness (QED) is 0.170. The zero-order valence-corrected chi connectivity index (χ0v) is 29.9. The molecule has 0 spiro atoms. The summed E-state index contributed by atoms with van der Waals surface area (Å²) in [7, 11) is 0. The number of fused-ring (bicyclic) bond motifs is 11. The molecular formula is C51H29N3O2. The average Bonchev–Trinajstić information content (AvgIpc) is 3.85. The Labute approximate surface area is 320 Å². The van der Waals surface area contributed by atoms with E-state index < -0.39 is 0 Å². The third kappa shape index (κ3) is 4.58. The monoisotopic (exact) mass is 715 g/mol. The van der Waals surface area contributed by atoms with Crippen molar-refractivity contribution < 1.29 is 8.83 Å². The summed E-state index contributed by atoms with van der Waals surface area (Å²) >= 11 is 0. The van der Waals surface area contributed by atoms with Crippen molar-refractivity contribution in [3.05, 3.63) is 176 Å². The predicted octanol–water partition coefficient (Wildman–Crippen LogP) is 13.8. The number of benzene rings is 9. The van der Waals surface area contributed by atoms with E-state index in [1.807, 2.05) is 48.5 Å². The highest BCUT2D eigenvalue weighted by Crippen LogP contribution is 2.42. The van der Waals surface area contributed by atoms with E-state index in [-0.39, 0.29) is 0 Å². The molecule has 12 aromatic rings. The Balaban J connectivity index is 1.15. The van der Waals surface area contributed by atoms with Crippen LogP contribution in [0.15, 0.2) is 185 Å². The van der Waals surface area contributed by atoms with Crippen LogP contribution in [0.1, 0.15) is 0 Å². The maximum atomic E-state index is 6.67. The van der Waals surface area contributed by atoms with E-state index in [1.165, 1.54) is 21.5 Å². The number of furan rings is 2. The van der Waals surface area contributed by atoms with Gasteiger partial charge in [-0.1, -0.05) is 158 Å². The number of aromatic nitrogens is 3. The number of nitrogens with zero attached hydrogens (tertiary/aromatic N) is 3. The van der Waals surface area contributed by atoms with E-state index in [2.05, 4.69) is 127 Å². The SMILES string of the molecule is c1ccc(-c2cccc3c2oc2cccc(-c4nc(-c5cccc6c5ccc5c7ccccc7ccc65)nc(-c5cccc6oc7ccccc7c56)n4)c23)cc1. The molecule has 0 unspecified atom stereocenters. The Morgan fingerprint density at radius 2 is 0.786 bits per heavy atom. The van der Waals surface area contributed by atoms with Gasteiger partial charge in [0.25, 0.3) is 0 Å². The van der Waals surface area contributed by atoms with Crippen molar-refractivity contribution in [1.29, 1.82) is 0 Å². The van der Waals surface area contributed by atoms with Crippen LogP contribution in [-0.4, -0.2) is 15.0 Å². The van der Waals surface area contributed by atoms with Crippen molar-refractivity contribution in [2.75, 3.05) is 0 Å². The van der Waals surface area contributed by atoms with Gasteiger partial charge in [-0.25, -0.2) is 15.0 Å². The Morgan fingerprint density at radius 3 is 1.59 bits per heavy atom. The summed E-state index contributed by atoms with van der Waals surface area (Å²) in [6.07, 6.45) is 0. The normalized spacial score (nSPS) is 11.9. The molecular weight excluding hydrogens is 687 g/mol. The first-order chi connectivity index (χ1) is 27.8. The van der Waals surface area contributed by atoms with Crippen molar-refractivity contribution >= 4 is 76.2 Å². The summed E-state index contributed by atoms with van der Waals surface area (Å²) in [6.45, 7) is 0. The molecule has 0 bridgehead atoms. The van der Waals surface area contributed by atoms with Crippen molar-refractivity contribution in [2.45, 2.75) is 0 Å². The molecule has 260 valence electrons. The van der Waals surface area contributed by atoms with Gasteiger partial charge in [0.1, 0.15) is 22.3 Å². The minimum atomic E-state index is 0.567. The summed E-state index contributed by atoms with van der Waals surface area (Å²) in [5.41, 5.74) is 8.03. The van der Waals surface area contributed by atoms with Crippen LogP contribution in [0.3, 0.4) is 0 Å². The fraction of sp³-hybridized carbons (Fsp3) is 0. The molecule has 0 aliphatic heterocycles. The van der Waals surface area contributed by atoms with Gasteiger partial charge in [0.05, 0.1) is 0 Å². The number of para-hydroxylation sites is 2. The maximum absolute atomic E-state index is 6.67. The van der Waals surface area contributed by atoms with Gasteiger partial charge >= 0.3 is 0 Å². The molecule has 0 aliphatic carbocycles. The molecule has 0 amide bonds. The molecule has 3 heterocycles. The van der Waals surface area contributed by atoms with Crippen LogP contribution < -0.4 is 0 Å². The standard InChI is InChI=1S/C51H29N3O2/c1-2-12-30(13-3-1)33-17-8-20-40-47-42(22-11-25-45(47)56-48(33)40)51-53-49(52-50(54-51)41-21-10-24-44-46(41)39-16-6-7-23-43(39)55-44)38-19-9-18-34-36-27-26-31-14-4-5-15-32(31)35(36)28-29-37(34)38/h1-29H. The molecule has 0 N–H and O–H groups in total. The zero-order valence-electron chi connectivity index (χ0n) is 29.9. The highest BCUT2D eigenvalue weighted by Gasteiger charge is 2.22. The molecule has 0 radical (unpaired) electrons. The topological polar surface area (TPSA) is 65.0 Å². The first-order valence-corrected chi connectivity index (χ1v) is 18.8. The van der Waals surface area contributed by atoms with E-state index in [9.17, 15) is 0 Å². The van der Waals surface area contributed by atoms with Crippen LogP contribution in [-0.2, 0) is 0 Å². The second-order valence-electron chi connectivity index (χ2n) is 14.3. The van der Waals surface area contributed by atoms with E-state index in [4.69, 9.17) is 23.8 Å². The molecule has 0 aliphatic rings. The highest BCUT2D eigenvalue weighted by atomic mass is 16.3. The molecule has 0 saturated heterocycles. The zero-order chi connectivity index (χ0) is 36.7. The largest absolute Gasteiger partial charge is 0.456 e. The Hall–Kier alpha value is -7.63. The van der Waals surface area contributed by atoms with Crippen LogP contribution in [0.25, 0.3) is 121 Å². The van der Waals surface area contributed by atoms with Crippen LogP contribution in [0.4, 0.5) is 0 Å². The van der Waals surface area contributed by atoms with Crippen molar-refractivity contribution in [3.63, 3.8) is 0 Å². The Morgan fingerprint density at radius 1 is 0.286 bits per heavy atom. The van der Waals surface area contributed by atoms with Gasteiger partial charge in [-0.2, -0.15) is 0 Å². The lowest BCUT2D eigenvalue weighted by atomic mass is 9.95. The fourth-order valence-corrected chi connectivity index (χ4v) is 8.63. The minimum absolute atomic E-state index is 0.567. The molecule has 0 saturated carbocycles. The Bertz CT molecular complexity index is 3550. The molecule has 5 nitrogen and oxygen atoms in total. The number of hydrogen-bond donors (Lipinski definition) is 0. The van der Waals surface area contributed by atoms with Gasteiger partial charge in [0, 0.05) is 43.8 Å². The van der Waals surface area contributed by atoms with Gasteiger partial charge in [0.15, 0.2) is 17.5 Å². The summed E-state index contributed by atoms with van der Waals surface area (Å²) in [4.78, 5) is 16.0. The number of hydrogen-bond acceptors (Lipinski definition) is 5. The maximum Gasteiger partial charge on any atom is 0.164 e. The van der Waals surface area contributed by atoms with Crippen LogP contribution in [0, 0.1) is 0 Å². The summed E-state index contributed by atoms with van der Waals surface area (Å²) < 4.78 is 13.0. The van der Waals surface area contributed by atoms with Crippen LogP contribution in [0.2, 0.25) is 0 Å². The summed E-state index contributed by atoms with van der Waals surface area (Å²) in [6, 6.07) is 60.9. The minimum Gasteiger partial charge on any atom is -0.456 e. The molecule has 12 rings (SSSR count). The highest BCUT2D eigenvalue weighted by molar-refractivity contribution is 6.20. The van der Waals surface area contributed by atoms with E-state index in [0.29, 0.717) is 17.5 Å². The predicted molar refractivity (Wildman–Crippen MR) is 229 cm³/mol. The van der Waals surface area contributed by atoms with Gasteiger partial charge in [-0.15, -0.1) is 0 Å². The second-order valence-corrected chi connectivity index (χ2v) is 14.3. The molecule has 56 heavy (non-hydrogen) atoms. The average molecular weight is 716 g/mol. The smallest absolute Gasteiger partial charge is 0.164 e. The van der Waals surface area contributed by atoms with Gasteiger partial charge in [0.2, 0.25) is 0 Å². The van der Waals surface area contributed by atoms with E-state index in [0.717, 1.165) is 82.5 Å². The lowest BCUT2D eigenvalue weighted by Crippen LogP contribution is -2.01. The van der Waals surface area contributed by atoms with Crippen molar-refractivity contribution in [3.8, 4) is 45.3 Å². The molecule has 0 fully saturated rings. The van der Waals surface area contributed by atoms with Gasteiger partial charge in [-0.05, 0) is 56.1 Å². The third-order valence-corrected chi connectivity index (χ3v) is 11.2. The number of rotatable bonds is 4. The van der Waals surface area contributed by atoms with E-state index in [1.54, 1.807) is 0 Å². The lowest BCUT2D eigenvalue weighted by molar-refractivity contribution is 0.669. The van der Waals surface area contributed by atoms with Crippen LogP contribution in [0.5, 0.6) is 0 Å². The molecule has 0 atom stereocenters. The summed E-state index contributed by atoms with van der Waals surface area (Å²) in [5, 5.41) is 11.0. The fourth-order valence-electron chi connectivity index (χ4n) is 8.63. The first-order valence-electron chi connectivity index (χ1n) is 18.8. The summed E-state index contributed by atoms with van der Waals surface area (Å²) in [5.74, 6) is 1.73.